The molecule has 0 radical (unpaired) electrons. The van der Waals surface area contributed by atoms with Crippen LogP contribution in [0.1, 0.15) is 28.4 Å². The van der Waals surface area contributed by atoms with Crippen LogP contribution in [-0.2, 0) is 6.42 Å². The summed E-state index contributed by atoms with van der Waals surface area (Å²) in [5.74, 6) is -0.452. The zero-order chi connectivity index (χ0) is 14.0. The minimum Gasteiger partial charge on any atom is -0.388 e. The van der Waals surface area contributed by atoms with Crippen LogP contribution in [0.2, 0.25) is 5.02 Å². The predicted octanol–water partition coefficient (Wildman–Crippen LogP) is 4.37. The normalized spacial score (nSPS) is 12.5. The van der Waals surface area contributed by atoms with Crippen molar-refractivity contribution in [1.82, 2.24) is 0 Å². The van der Waals surface area contributed by atoms with Crippen molar-refractivity contribution in [3.8, 4) is 0 Å². The molecule has 0 spiro atoms. The molecule has 0 saturated heterocycles. The highest BCUT2D eigenvalue weighted by molar-refractivity contribution is 6.31. The van der Waals surface area contributed by atoms with Gasteiger partial charge >= 0.3 is 0 Å². The Morgan fingerprint density at radius 2 is 1.95 bits per heavy atom. The second kappa shape index (κ2) is 5.72. The molecule has 0 aromatic heterocycles. The van der Waals surface area contributed by atoms with Gasteiger partial charge in [-0.15, -0.1) is 0 Å². The fourth-order valence-corrected chi connectivity index (χ4v) is 2.35. The van der Waals surface area contributed by atoms with E-state index in [-0.39, 0.29) is 5.02 Å². The third kappa shape index (κ3) is 3.14. The minimum atomic E-state index is -0.681. The highest BCUT2D eigenvalue weighted by atomic mass is 35.5. The monoisotopic (exact) mass is 278 g/mol. The Morgan fingerprint density at radius 1 is 1.21 bits per heavy atom. The van der Waals surface area contributed by atoms with E-state index < -0.39 is 11.9 Å². The third-order valence-electron chi connectivity index (χ3n) is 3.24. The number of rotatable bonds is 3. The first-order valence-corrected chi connectivity index (χ1v) is 6.55. The summed E-state index contributed by atoms with van der Waals surface area (Å²) in [6, 6.07) is 10.6. The van der Waals surface area contributed by atoms with E-state index in [0.717, 1.165) is 16.7 Å². The summed E-state index contributed by atoms with van der Waals surface area (Å²) in [7, 11) is 0. The van der Waals surface area contributed by atoms with Crippen LogP contribution in [-0.4, -0.2) is 5.11 Å². The first-order valence-electron chi connectivity index (χ1n) is 6.17. The molecule has 19 heavy (non-hydrogen) atoms. The van der Waals surface area contributed by atoms with Crippen molar-refractivity contribution in [2.24, 2.45) is 0 Å². The first kappa shape index (κ1) is 14.0. The molecule has 0 aliphatic heterocycles. The molecule has 0 amide bonds. The molecule has 0 aliphatic rings. The average molecular weight is 279 g/mol. The van der Waals surface area contributed by atoms with Gasteiger partial charge in [0.05, 0.1) is 11.1 Å². The average Bonchev–Trinajstić information content (AvgIpc) is 2.38. The minimum absolute atomic E-state index is 0.0897. The molecule has 0 fully saturated rings. The second-order valence-corrected chi connectivity index (χ2v) is 5.17. The summed E-state index contributed by atoms with van der Waals surface area (Å²) in [6.45, 7) is 3.93. The van der Waals surface area contributed by atoms with Gasteiger partial charge in [-0.3, -0.25) is 0 Å². The van der Waals surface area contributed by atoms with Gasteiger partial charge in [-0.05, 0) is 36.6 Å². The summed E-state index contributed by atoms with van der Waals surface area (Å²) >= 11 is 5.91. The molecule has 1 nitrogen and oxygen atoms in total. The lowest BCUT2D eigenvalue weighted by Gasteiger charge is -2.15. The Bertz CT molecular complexity index is 595. The number of hydrogen-bond acceptors (Lipinski definition) is 1. The molecule has 1 unspecified atom stereocenters. The fourth-order valence-electron chi connectivity index (χ4n) is 2.14. The van der Waals surface area contributed by atoms with Crippen molar-refractivity contribution in [2.75, 3.05) is 0 Å². The molecule has 2 rings (SSSR count). The lowest BCUT2D eigenvalue weighted by Crippen LogP contribution is -2.05. The van der Waals surface area contributed by atoms with E-state index >= 15 is 0 Å². The molecule has 0 saturated carbocycles. The van der Waals surface area contributed by atoms with E-state index in [0.29, 0.717) is 12.0 Å². The largest absolute Gasteiger partial charge is 0.388 e. The maximum absolute atomic E-state index is 13.4. The molecular weight excluding hydrogens is 263 g/mol. The van der Waals surface area contributed by atoms with Crippen LogP contribution in [0.15, 0.2) is 36.4 Å². The number of aliphatic hydroxyl groups excluding tert-OH is 1. The Hall–Kier alpha value is -1.38. The standard InChI is InChI=1S/C16H16ClFO/c1-10-6-7-11(2)13(8-10)15(19)9-12-4-3-5-14(18)16(12)17/h3-8,15,19H,9H2,1-2H3. The van der Waals surface area contributed by atoms with E-state index in [1.807, 2.05) is 32.0 Å². The molecule has 0 heterocycles. The van der Waals surface area contributed by atoms with E-state index in [1.54, 1.807) is 12.1 Å². The summed E-state index contributed by atoms with van der Waals surface area (Å²) in [6.07, 6.45) is -0.375. The van der Waals surface area contributed by atoms with Crippen LogP contribution in [0.25, 0.3) is 0 Å². The van der Waals surface area contributed by atoms with E-state index in [1.165, 1.54) is 6.07 Å². The summed E-state index contributed by atoms with van der Waals surface area (Å²) in [5.41, 5.74) is 3.59. The van der Waals surface area contributed by atoms with Crippen molar-refractivity contribution in [1.29, 1.82) is 0 Å². The Kier molecular flexibility index (Phi) is 4.23. The lowest BCUT2D eigenvalue weighted by molar-refractivity contribution is 0.177. The Balaban J connectivity index is 2.28. The first-order chi connectivity index (χ1) is 8.99. The highest BCUT2D eigenvalue weighted by Gasteiger charge is 2.14. The van der Waals surface area contributed by atoms with Gasteiger partial charge in [-0.2, -0.15) is 0 Å². The molecule has 0 aliphatic carbocycles. The van der Waals surface area contributed by atoms with Gasteiger partial charge in [0.25, 0.3) is 0 Å². The van der Waals surface area contributed by atoms with Crippen LogP contribution in [0.3, 0.4) is 0 Å². The fraction of sp³-hybridized carbons (Fsp3) is 0.250. The van der Waals surface area contributed by atoms with Crippen LogP contribution in [0, 0.1) is 19.7 Å². The smallest absolute Gasteiger partial charge is 0.142 e. The van der Waals surface area contributed by atoms with Crippen molar-refractivity contribution in [2.45, 2.75) is 26.4 Å². The van der Waals surface area contributed by atoms with Crippen molar-refractivity contribution >= 4 is 11.6 Å². The van der Waals surface area contributed by atoms with Gasteiger partial charge in [0.1, 0.15) is 5.82 Å². The molecule has 2 aromatic rings. The molecule has 0 bridgehead atoms. The van der Waals surface area contributed by atoms with Crippen molar-refractivity contribution in [3.05, 3.63) is 69.5 Å². The van der Waals surface area contributed by atoms with Gasteiger partial charge < -0.3 is 5.11 Å². The summed E-state index contributed by atoms with van der Waals surface area (Å²) < 4.78 is 13.4. The number of hydrogen-bond donors (Lipinski definition) is 1. The van der Waals surface area contributed by atoms with Gasteiger partial charge in [0.15, 0.2) is 0 Å². The maximum Gasteiger partial charge on any atom is 0.142 e. The molecule has 2 aromatic carbocycles. The van der Waals surface area contributed by atoms with Gasteiger partial charge in [-0.1, -0.05) is 47.5 Å². The zero-order valence-corrected chi connectivity index (χ0v) is 11.7. The number of benzene rings is 2. The number of aryl methyl sites for hydroxylation is 2. The van der Waals surface area contributed by atoms with Gasteiger partial charge in [0, 0.05) is 6.42 Å². The number of aliphatic hydroxyl groups is 1. The Labute approximate surface area is 117 Å². The van der Waals surface area contributed by atoms with E-state index in [4.69, 9.17) is 11.6 Å². The summed E-state index contributed by atoms with van der Waals surface area (Å²) in [4.78, 5) is 0. The van der Waals surface area contributed by atoms with Crippen LogP contribution in [0.5, 0.6) is 0 Å². The molecule has 100 valence electrons. The third-order valence-corrected chi connectivity index (χ3v) is 3.66. The summed E-state index contributed by atoms with van der Waals surface area (Å²) in [5, 5.41) is 10.4. The molecule has 3 heteroatoms. The molecule has 1 N–H and O–H groups in total. The quantitative estimate of drug-likeness (QED) is 0.884. The second-order valence-electron chi connectivity index (χ2n) is 4.79. The molecular formula is C16H16ClFO. The van der Waals surface area contributed by atoms with Crippen LogP contribution >= 0.6 is 11.6 Å². The van der Waals surface area contributed by atoms with Crippen LogP contribution < -0.4 is 0 Å². The zero-order valence-electron chi connectivity index (χ0n) is 11.0. The topological polar surface area (TPSA) is 20.2 Å². The predicted molar refractivity (Wildman–Crippen MR) is 76.0 cm³/mol. The van der Waals surface area contributed by atoms with Gasteiger partial charge in [0.2, 0.25) is 0 Å². The van der Waals surface area contributed by atoms with Crippen molar-refractivity contribution < 1.29 is 9.50 Å². The highest BCUT2D eigenvalue weighted by Crippen LogP contribution is 2.27. The molecule has 1 atom stereocenters. The van der Waals surface area contributed by atoms with E-state index in [9.17, 15) is 9.50 Å². The van der Waals surface area contributed by atoms with Crippen LogP contribution in [0.4, 0.5) is 4.39 Å². The van der Waals surface area contributed by atoms with Gasteiger partial charge in [-0.25, -0.2) is 4.39 Å². The lowest BCUT2D eigenvalue weighted by atomic mass is 9.96. The van der Waals surface area contributed by atoms with E-state index in [2.05, 4.69) is 0 Å². The maximum atomic E-state index is 13.4. The Morgan fingerprint density at radius 3 is 2.68 bits per heavy atom. The SMILES string of the molecule is Cc1ccc(C)c(C(O)Cc2cccc(F)c2Cl)c1. The van der Waals surface area contributed by atoms with Crippen molar-refractivity contribution in [3.63, 3.8) is 0 Å². The number of halogens is 2.